The van der Waals surface area contributed by atoms with Gasteiger partial charge in [0, 0.05) is 19.2 Å². The fourth-order valence-electron chi connectivity index (χ4n) is 0.997. The number of aromatic nitrogens is 1. The Morgan fingerprint density at radius 1 is 1.46 bits per heavy atom. The number of hydrogen-bond acceptors (Lipinski definition) is 5. The first-order valence-corrected chi connectivity index (χ1v) is 5.17. The maximum absolute atomic E-state index is 8.54. The van der Waals surface area contributed by atoms with Gasteiger partial charge in [-0.05, 0) is 30.8 Å². The second-order valence-corrected chi connectivity index (χ2v) is 3.63. The molecule has 0 radical (unpaired) electrons. The molecule has 1 heterocycles. The molecule has 0 spiro atoms. The Hall–Kier alpha value is -0.810. The molecule has 0 aliphatic carbocycles. The van der Waals surface area contributed by atoms with Crippen LogP contribution in [0.2, 0.25) is 0 Å². The summed E-state index contributed by atoms with van der Waals surface area (Å²) in [5, 5.41) is 12.8. The summed E-state index contributed by atoms with van der Waals surface area (Å²) in [4.78, 5) is 0. The van der Waals surface area contributed by atoms with Crippen molar-refractivity contribution in [1.29, 1.82) is 0 Å². The van der Waals surface area contributed by atoms with Gasteiger partial charge in [0.25, 0.3) is 0 Å². The van der Waals surface area contributed by atoms with Crippen LogP contribution in [0.4, 0.5) is 10.8 Å². The zero-order valence-electron chi connectivity index (χ0n) is 7.49. The van der Waals surface area contributed by atoms with E-state index < -0.39 is 0 Å². The molecule has 4 N–H and O–H groups in total. The lowest BCUT2D eigenvalue weighted by atomic mass is 10.2. The van der Waals surface area contributed by atoms with Crippen molar-refractivity contribution in [2.24, 2.45) is 0 Å². The zero-order valence-corrected chi connectivity index (χ0v) is 8.31. The largest absolute Gasteiger partial charge is 0.396 e. The molecule has 1 rings (SSSR count). The number of nitrogens with two attached hydrogens (primary N) is 1. The van der Waals surface area contributed by atoms with Gasteiger partial charge < -0.3 is 16.2 Å². The summed E-state index contributed by atoms with van der Waals surface area (Å²) in [6.07, 6.45) is 3.00. The van der Waals surface area contributed by atoms with E-state index in [0.29, 0.717) is 5.82 Å². The SMILES string of the molecule is Nc1cc(NCCCCCO)sn1. The molecule has 0 unspecified atom stereocenters. The van der Waals surface area contributed by atoms with Crippen molar-refractivity contribution in [3.05, 3.63) is 6.07 Å². The third kappa shape index (κ3) is 4.10. The Bertz CT molecular complexity index is 239. The average Bonchev–Trinajstić information content (AvgIpc) is 2.51. The highest BCUT2D eigenvalue weighted by Crippen LogP contribution is 2.17. The standard InChI is InChI=1S/C8H15N3OS/c9-7-6-8(13-11-7)10-4-2-1-3-5-12/h6,10,12H,1-5H2,(H2,9,11). The van der Waals surface area contributed by atoms with Crippen molar-refractivity contribution >= 4 is 22.4 Å². The molecule has 0 fully saturated rings. The molecular weight excluding hydrogens is 186 g/mol. The predicted octanol–water partition coefficient (Wildman–Crippen LogP) is 1.30. The summed E-state index contributed by atoms with van der Waals surface area (Å²) in [5.41, 5.74) is 5.46. The van der Waals surface area contributed by atoms with Crippen molar-refractivity contribution in [2.75, 3.05) is 24.2 Å². The van der Waals surface area contributed by atoms with Gasteiger partial charge in [-0.25, -0.2) is 0 Å². The molecule has 0 aliphatic heterocycles. The highest BCUT2D eigenvalue weighted by molar-refractivity contribution is 7.10. The first-order chi connectivity index (χ1) is 6.33. The Kier molecular flexibility index (Phi) is 4.56. The highest BCUT2D eigenvalue weighted by Gasteiger charge is 1.96. The molecule has 5 heteroatoms. The van der Waals surface area contributed by atoms with Crippen LogP contribution in [0.5, 0.6) is 0 Å². The molecule has 1 aromatic rings. The Labute approximate surface area is 81.9 Å². The molecule has 0 aromatic carbocycles. The number of aliphatic hydroxyl groups excluding tert-OH is 1. The van der Waals surface area contributed by atoms with E-state index in [4.69, 9.17) is 10.8 Å². The summed E-state index contributed by atoms with van der Waals surface area (Å²) in [5.74, 6) is 0.572. The second-order valence-electron chi connectivity index (χ2n) is 2.83. The number of aliphatic hydroxyl groups is 1. The van der Waals surface area contributed by atoms with Crippen molar-refractivity contribution in [3.63, 3.8) is 0 Å². The predicted molar refractivity (Wildman–Crippen MR) is 56.0 cm³/mol. The van der Waals surface area contributed by atoms with E-state index in [-0.39, 0.29) is 6.61 Å². The van der Waals surface area contributed by atoms with E-state index in [1.807, 2.05) is 6.07 Å². The highest BCUT2D eigenvalue weighted by atomic mass is 32.1. The van der Waals surface area contributed by atoms with E-state index in [1.165, 1.54) is 11.5 Å². The molecule has 74 valence electrons. The zero-order chi connectivity index (χ0) is 9.52. The molecule has 4 nitrogen and oxygen atoms in total. The Balaban J connectivity index is 2.06. The first kappa shape index (κ1) is 10.3. The summed E-state index contributed by atoms with van der Waals surface area (Å²) in [6.45, 7) is 1.20. The monoisotopic (exact) mass is 201 g/mol. The first-order valence-electron chi connectivity index (χ1n) is 4.40. The van der Waals surface area contributed by atoms with Crippen molar-refractivity contribution in [2.45, 2.75) is 19.3 Å². The van der Waals surface area contributed by atoms with Gasteiger partial charge in [0.2, 0.25) is 0 Å². The van der Waals surface area contributed by atoms with Crippen molar-refractivity contribution in [1.82, 2.24) is 4.37 Å². The topological polar surface area (TPSA) is 71.2 Å². The number of rotatable bonds is 6. The van der Waals surface area contributed by atoms with Gasteiger partial charge in [-0.3, -0.25) is 0 Å². The number of nitrogens with zero attached hydrogens (tertiary/aromatic N) is 1. The Morgan fingerprint density at radius 3 is 2.92 bits per heavy atom. The summed E-state index contributed by atoms with van der Waals surface area (Å²) >= 11 is 1.38. The fourth-order valence-corrected chi connectivity index (χ4v) is 1.59. The van der Waals surface area contributed by atoms with Crippen LogP contribution in [0.3, 0.4) is 0 Å². The maximum Gasteiger partial charge on any atom is 0.139 e. The molecule has 0 saturated carbocycles. The molecule has 0 saturated heterocycles. The van der Waals surface area contributed by atoms with Gasteiger partial charge in [0.05, 0.1) is 0 Å². The van der Waals surface area contributed by atoms with E-state index in [1.54, 1.807) is 0 Å². The summed E-state index contributed by atoms with van der Waals surface area (Å²) in [6, 6.07) is 1.83. The molecule has 0 amide bonds. The molecule has 0 atom stereocenters. The van der Waals surface area contributed by atoms with E-state index in [0.717, 1.165) is 30.8 Å². The smallest absolute Gasteiger partial charge is 0.139 e. The third-order valence-corrected chi connectivity index (χ3v) is 2.42. The van der Waals surface area contributed by atoms with E-state index in [2.05, 4.69) is 9.69 Å². The van der Waals surface area contributed by atoms with Crippen LogP contribution >= 0.6 is 11.5 Å². The number of anilines is 2. The van der Waals surface area contributed by atoms with Crippen LogP contribution in [0.1, 0.15) is 19.3 Å². The molecule has 0 bridgehead atoms. The lowest BCUT2D eigenvalue weighted by Gasteiger charge is -2.00. The number of unbranched alkanes of at least 4 members (excludes halogenated alkanes) is 2. The molecular formula is C8H15N3OS. The van der Waals surface area contributed by atoms with Gasteiger partial charge in [-0.1, -0.05) is 0 Å². The van der Waals surface area contributed by atoms with Gasteiger partial charge in [-0.2, -0.15) is 4.37 Å². The maximum atomic E-state index is 8.54. The fraction of sp³-hybridized carbons (Fsp3) is 0.625. The quantitative estimate of drug-likeness (QED) is 0.607. The molecule has 13 heavy (non-hydrogen) atoms. The van der Waals surface area contributed by atoms with Crippen LogP contribution in [0, 0.1) is 0 Å². The normalized spacial score (nSPS) is 10.2. The minimum atomic E-state index is 0.285. The number of hydrogen-bond donors (Lipinski definition) is 3. The molecule has 0 aliphatic rings. The van der Waals surface area contributed by atoms with Crippen LogP contribution in [-0.4, -0.2) is 22.6 Å². The lowest BCUT2D eigenvalue weighted by molar-refractivity contribution is 0.283. The van der Waals surface area contributed by atoms with Gasteiger partial charge in [-0.15, -0.1) is 0 Å². The average molecular weight is 201 g/mol. The van der Waals surface area contributed by atoms with Crippen LogP contribution in [-0.2, 0) is 0 Å². The van der Waals surface area contributed by atoms with Crippen LogP contribution in [0.15, 0.2) is 6.07 Å². The molecule has 1 aromatic heterocycles. The van der Waals surface area contributed by atoms with Gasteiger partial charge >= 0.3 is 0 Å². The Morgan fingerprint density at radius 2 is 2.31 bits per heavy atom. The summed E-state index contributed by atoms with van der Waals surface area (Å²) < 4.78 is 3.95. The third-order valence-electron chi connectivity index (χ3n) is 1.66. The lowest BCUT2D eigenvalue weighted by Crippen LogP contribution is -1.99. The minimum absolute atomic E-state index is 0.285. The van der Waals surface area contributed by atoms with Gasteiger partial charge in [0.15, 0.2) is 0 Å². The summed E-state index contributed by atoms with van der Waals surface area (Å²) in [7, 11) is 0. The van der Waals surface area contributed by atoms with Crippen molar-refractivity contribution in [3.8, 4) is 0 Å². The minimum Gasteiger partial charge on any atom is -0.396 e. The van der Waals surface area contributed by atoms with Gasteiger partial charge in [0.1, 0.15) is 10.8 Å². The van der Waals surface area contributed by atoms with Crippen LogP contribution < -0.4 is 11.1 Å². The second kappa shape index (κ2) is 5.77. The number of nitrogens with one attached hydrogen (secondary N) is 1. The van der Waals surface area contributed by atoms with E-state index in [9.17, 15) is 0 Å². The van der Waals surface area contributed by atoms with Crippen molar-refractivity contribution < 1.29 is 5.11 Å². The van der Waals surface area contributed by atoms with E-state index >= 15 is 0 Å². The number of nitrogen functional groups attached to an aromatic ring is 1. The van der Waals surface area contributed by atoms with Crippen LogP contribution in [0.25, 0.3) is 0 Å².